The van der Waals surface area contributed by atoms with E-state index in [9.17, 15) is 4.79 Å². The molecule has 0 aliphatic heterocycles. The summed E-state index contributed by atoms with van der Waals surface area (Å²) in [5.74, 6) is -0.106. The lowest BCUT2D eigenvalue weighted by Crippen LogP contribution is -2.27. The van der Waals surface area contributed by atoms with E-state index in [1.165, 1.54) is 0 Å². The monoisotopic (exact) mass is 360 g/mol. The summed E-state index contributed by atoms with van der Waals surface area (Å²) in [5.41, 5.74) is 4.43. The minimum absolute atomic E-state index is 0.106. The second-order valence-electron chi connectivity index (χ2n) is 6.64. The summed E-state index contributed by atoms with van der Waals surface area (Å²) in [6, 6.07) is 21.7. The first-order valence-corrected chi connectivity index (χ1v) is 8.83. The van der Waals surface area contributed by atoms with Gasteiger partial charge < -0.3 is 15.1 Å². The molecule has 3 aromatic rings. The van der Waals surface area contributed by atoms with Crippen LogP contribution in [0.25, 0.3) is 0 Å². The van der Waals surface area contributed by atoms with Gasteiger partial charge in [0, 0.05) is 50.9 Å². The van der Waals surface area contributed by atoms with E-state index in [1.54, 1.807) is 24.2 Å². The van der Waals surface area contributed by atoms with Crippen molar-refractivity contribution in [2.24, 2.45) is 0 Å². The molecule has 138 valence electrons. The molecule has 0 unspecified atom stereocenters. The van der Waals surface area contributed by atoms with E-state index in [2.05, 4.69) is 15.2 Å². The van der Waals surface area contributed by atoms with E-state index in [4.69, 9.17) is 0 Å². The molecule has 0 saturated carbocycles. The van der Waals surface area contributed by atoms with Crippen molar-refractivity contribution >= 4 is 23.0 Å². The highest BCUT2D eigenvalue weighted by molar-refractivity contribution is 5.93. The molecule has 1 N–H and O–H groups in total. The second kappa shape index (κ2) is 8.36. The van der Waals surface area contributed by atoms with E-state index in [-0.39, 0.29) is 5.91 Å². The maximum absolute atomic E-state index is 12.7. The Kier molecular flexibility index (Phi) is 5.71. The lowest BCUT2D eigenvalue weighted by molar-refractivity contribution is 0.0779. The largest absolute Gasteiger partial charge is 0.378 e. The molecule has 1 aromatic heterocycles. The van der Waals surface area contributed by atoms with Crippen LogP contribution in [-0.4, -0.2) is 36.9 Å². The molecule has 3 rings (SSSR count). The predicted molar refractivity (Wildman–Crippen MR) is 111 cm³/mol. The summed E-state index contributed by atoms with van der Waals surface area (Å²) in [5, 5.41) is 3.32. The van der Waals surface area contributed by atoms with E-state index in [0.29, 0.717) is 12.2 Å². The topological polar surface area (TPSA) is 48.5 Å². The van der Waals surface area contributed by atoms with Gasteiger partial charge in [0.25, 0.3) is 5.91 Å². The molecule has 0 bridgehead atoms. The number of carbonyl (C=O) groups excluding carboxylic acids is 1. The van der Waals surface area contributed by atoms with Gasteiger partial charge in [0.2, 0.25) is 0 Å². The Morgan fingerprint density at radius 3 is 2.30 bits per heavy atom. The Labute approximate surface area is 160 Å². The van der Waals surface area contributed by atoms with Gasteiger partial charge in [-0.3, -0.25) is 9.78 Å². The highest BCUT2D eigenvalue weighted by atomic mass is 16.2. The van der Waals surface area contributed by atoms with Crippen LogP contribution in [0, 0.1) is 0 Å². The standard InChI is InChI=1S/C22H24N4O/c1-25(2)20-11-9-18(10-12-20)24-19-13-14-23-21(15-19)22(27)26(3)16-17-7-5-4-6-8-17/h4-15H,16H2,1-3H3,(H,23,24). The van der Waals surface area contributed by atoms with Gasteiger partial charge in [-0.15, -0.1) is 0 Å². The zero-order chi connectivity index (χ0) is 19.2. The van der Waals surface area contributed by atoms with Gasteiger partial charge in [-0.1, -0.05) is 30.3 Å². The number of pyridine rings is 1. The van der Waals surface area contributed by atoms with E-state index in [0.717, 1.165) is 22.6 Å². The molecule has 0 aliphatic carbocycles. The number of hydrogen-bond donors (Lipinski definition) is 1. The van der Waals surface area contributed by atoms with Crippen LogP contribution in [-0.2, 0) is 6.54 Å². The van der Waals surface area contributed by atoms with Crippen LogP contribution in [0.1, 0.15) is 16.1 Å². The lowest BCUT2D eigenvalue weighted by Gasteiger charge is -2.17. The van der Waals surface area contributed by atoms with Crippen LogP contribution < -0.4 is 10.2 Å². The number of hydrogen-bond acceptors (Lipinski definition) is 4. The van der Waals surface area contributed by atoms with Gasteiger partial charge in [-0.2, -0.15) is 0 Å². The Bertz CT molecular complexity index is 892. The van der Waals surface area contributed by atoms with Crippen molar-refractivity contribution in [2.45, 2.75) is 6.54 Å². The maximum Gasteiger partial charge on any atom is 0.272 e. The third kappa shape index (κ3) is 4.85. The van der Waals surface area contributed by atoms with E-state index >= 15 is 0 Å². The molecule has 2 aromatic carbocycles. The highest BCUT2D eigenvalue weighted by Gasteiger charge is 2.14. The first kappa shape index (κ1) is 18.5. The third-order valence-electron chi connectivity index (χ3n) is 4.26. The van der Waals surface area contributed by atoms with E-state index in [1.807, 2.05) is 74.8 Å². The fraction of sp³-hybridized carbons (Fsp3) is 0.182. The summed E-state index contributed by atoms with van der Waals surface area (Å²) in [4.78, 5) is 20.7. The Morgan fingerprint density at radius 1 is 0.926 bits per heavy atom. The average molecular weight is 360 g/mol. The number of amides is 1. The fourth-order valence-electron chi connectivity index (χ4n) is 2.76. The zero-order valence-electron chi connectivity index (χ0n) is 15.9. The number of nitrogens with one attached hydrogen (secondary N) is 1. The van der Waals surface area contributed by atoms with Gasteiger partial charge in [-0.25, -0.2) is 0 Å². The van der Waals surface area contributed by atoms with Crippen LogP contribution in [0.4, 0.5) is 17.1 Å². The van der Waals surface area contributed by atoms with Gasteiger partial charge in [0.15, 0.2) is 0 Å². The first-order chi connectivity index (χ1) is 13.0. The third-order valence-corrected chi connectivity index (χ3v) is 4.26. The molecule has 0 saturated heterocycles. The molecule has 27 heavy (non-hydrogen) atoms. The molecular weight excluding hydrogens is 336 g/mol. The van der Waals surface area contributed by atoms with Crippen molar-refractivity contribution in [1.82, 2.24) is 9.88 Å². The number of benzene rings is 2. The summed E-state index contributed by atoms with van der Waals surface area (Å²) in [6.45, 7) is 0.547. The SMILES string of the molecule is CN(Cc1ccccc1)C(=O)c1cc(Nc2ccc(N(C)C)cc2)ccn1. The van der Waals surface area contributed by atoms with Crippen molar-refractivity contribution < 1.29 is 4.79 Å². The summed E-state index contributed by atoms with van der Waals surface area (Å²) in [7, 11) is 5.81. The Morgan fingerprint density at radius 2 is 1.63 bits per heavy atom. The summed E-state index contributed by atoms with van der Waals surface area (Å²) < 4.78 is 0. The van der Waals surface area contributed by atoms with Crippen LogP contribution in [0.3, 0.4) is 0 Å². The molecule has 1 amide bonds. The maximum atomic E-state index is 12.7. The minimum atomic E-state index is -0.106. The van der Waals surface area contributed by atoms with Crippen LogP contribution in [0.2, 0.25) is 0 Å². The molecule has 0 radical (unpaired) electrons. The number of carbonyl (C=O) groups is 1. The molecule has 0 atom stereocenters. The van der Waals surface area contributed by atoms with Crippen molar-refractivity contribution in [3.05, 3.63) is 84.2 Å². The number of anilines is 3. The van der Waals surface area contributed by atoms with Gasteiger partial charge in [0.1, 0.15) is 5.69 Å². The van der Waals surface area contributed by atoms with Crippen LogP contribution in [0.5, 0.6) is 0 Å². The van der Waals surface area contributed by atoms with Gasteiger partial charge in [-0.05, 0) is 42.0 Å². The van der Waals surface area contributed by atoms with E-state index < -0.39 is 0 Å². The first-order valence-electron chi connectivity index (χ1n) is 8.83. The molecule has 0 spiro atoms. The molecular formula is C22H24N4O. The number of aromatic nitrogens is 1. The normalized spacial score (nSPS) is 10.3. The van der Waals surface area contributed by atoms with Crippen molar-refractivity contribution in [2.75, 3.05) is 31.4 Å². The quantitative estimate of drug-likeness (QED) is 0.717. The van der Waals surface area contributed by atoms with Gasteiger partial charge >= 0.3 is 0 Å². The van der Waals surface area contributed by atoms with Crippen LogP contribution in [0.15, 0.2) is 72.9 Å². The van der Waals surface area contributed by atoms with Crippen LogP contribution >= 0.6 is 0 Å². The Balaban J connectivity index is 1.70. The molecule has 1 heterocycles. The minimum Gasteiger partial charge on any atom is -0.378 e. The van der Waals surface area contributed by atoms with Gasteiger partial charge in [0.05, 0.1) is 0 Å². The average Bonchev–Trinajstić information content (AvgIpc) is 2.69. The Hall–Kier alpha value is -3.34. The second-order valence-corrected chi connectivity index (χ2v) is 6.64. The highest BCUT2D eigenvalue weighted by Crippen LogP contribution is 2.20. The molecule has 5 nitrogen and oxygen atoms in total. The smallest absolute Gasteiger partial charge is 0.272 e. The van der Waals surface area contributed by atoms with Crippen molar-refractivity contribution in [1.29, 1.82) is 0 Å². The summed E-state index contributed by atoms with van der Waals surface area (Å²) >= 11 is 0. The lowest BCUT2D eigenvalue weighted by atomic mass is 10.2. The molecule has 0 aliphatic rings. The molecule has 5 heteroatoms. The number of nitrogens with zero attached hydrogens (tertiary/aromatic N) is 3. The molecule has 0 fully saturated rings. The predicted octanol–water partition coefficient (Wildman–Crippen LogP) is 4.16. The number of rotatable bonds is 6. The summed E-state index contributed by atoms with van der Waals surface area (Å²) in [6.07, 6.45) is 1.65. The van der Waals surface area contributed by atoms with Crippen molar-refractivity contribution in [3.8, 4) is 0 Å². The van der Waals surface area contributed by atoms with Crippen molar-refractivity contribution in [3.63, 3.8) is 0 Å². The zero-order valence-corrected chi connectivity index (χ0v) is 15.9. The fourth-order valence-corrected chi connectivity index (χ4v) is 2.76.